The van der Waals surface area contributed by atoms with Crippen molar-refractivity contribution >= 4 is 63.4 Å². The molecule has 5 amide bonds. The number of likely N-dealkylation sites (tertiary alicyclic amines) is 1. The summed E-state index contributed by atoms with van der Waals surface area (Å²) in [5, 5.41) is 6.70. The van der Waals surface area contributed by atoms with E-state index in [0.29, 0.717) is 76.8 Å². The van der Waals surface area contributed by atoms with Crippen molar-refractivity contribution in [2.24, 2.45) is 11.8 Å². The van der Waals surface area contributed by atoms with Gasteiger partial charge in [0.15, 0.2) is 0 Å². The van der Waals surface area contributed by atoms with E-state index in [0.717, 1.165) is 94.1 Å². The Morgan fingerprint density at radius 2 is 1.66 bits per heavy atom. The zero-order chi connectivity index (χ0) is 47.6. The number of benzene rings is 3. The Labute approximate surface area is 393 Å². The van der Waals surface area contributed by atoms with Crippen LogP contribution in [0.4, 0.5) is 35.2 Å². The molecule has 14 nitrogen and oxygen atoms in total. The highest BCUT2D eigenvalue weighted by Crippen LogP contribution is 2.43. The van der Waals surface area contributed by atoms with Gasteiger partial charge in [0.1, 0.15) is 17.4 Å². The number of amides is 5. The summed E-state index contributed by atoms with van der Waals surface area (Å²) < 4.78 is 46.7. The Kier molecular flexibility index (Phi) is 14.5. The number of hydrogen-bond donors (Lipinski definition) is 3. The molecule has 3 aliphatic heterocycles. The number of nitrogen functional groups attached to an aromatic ring is 1. The molecule has 67 heavy (non-hydrogen) atoms. The molecule has 4 fully saturated rings. The van der Waals surface area contributed by atoms with E-state index >= 15 is 0 Å². The zero-order valence-electron chi connectivity index (χ0n) is 38.3. The molecule has 1 aromatic heterocycles. The topological polar surface area (TPSA) is 166 Å². The predicted molar refractivity (Wildman–Crippen MR) is 251 cm³/mol. The van der Waals surface area contributed by atoms with E-state index in [9.17, 15) is 32.3 Å². The summed E-state index contributed by atoms with van der Waals surface area (Å²) in [6, 6.07) is 11.4. The monoisotopic (exact) mass is 945 g/mol. The van der Waals surface area contributed by atoms with Crippen LogP contribution in [0.1, 0.15) is 110 Å². The number of fused-ring (bicyclic) bond motifs is 1. The number of alkyl halides is 3. The fourth-order valence-electron chi connectivity index (χ4n) is 10.2. The van der Waals surface area contributed by atoms with Crippen molar-refractivity contribution in [1.82, 2.24) is 30.0 Å². The molecule has 358 valence electrons. The van der Waals surface area contributed by atoms with Gasteiger partial charge in [0.05, 0.1) is 34.9 Å². The average molecular weight is 947 g/mol. The van der Waals surface area contributed by atoms with Crippen molar-refractivity contribution in [2.75, 3.05) is 75.4 Å². The first-order valence-corrected chi connectivity index (χ1v) is 23.7. The van der Waals surface area contributed by atoms with Crippen molar-refractivity contribution < 1.29 is 37.1 Å². The summed E-state index contributed by atoms with van der Waals surface area (Å²) >= 11 is 6.40. The number of rotatable bonds is 12. The predicted octanol–water partition coefficient (Wildman–Crippen LogP) is 8.57. The van der Waals surface area contributed by atoms with Gasteiger partial charge in [0.2, 0.25) is 11.8 Å². The number of piperidine rings is 1. The number of aromatic nitrogens is 2. The van der Waals surface area contributed by atoms with E-state index < -0.39 is 23.8 Å². The summed E-state index contributed by atoms with van der Waals surface area (Å²) in [6.07, 6.45) is 2.78. The number of nitrogens with zero attached hydrogens (tertiary/aromatic N) is 6. The first-order chi connectivity index (χ1) is 32.0. The van der Waals surface area contributed by atoms with Crippen molar-refractivity contribution in [3.63, 3.8) is 0 Å². The molecule has 1 aliphatic carbocycles. The van der Waals surface area contributed by atoms with E-state index in [4.69, 9.17) is 22.1 Å². The molecule has 8 rings (SSSR count). The van der Waals surface area contributed by atoms with Gasteiger partial charge in [-0.25, -0.2) is 14.8 Å². The van der Waals surface area contributed by atoms with Crippen LogP contribution in [0.5, 0.6) is 5.75 Å². The average Bonchev–Trinajstić information content (AvgIpc) is 3.31. The molecule has 0 radical (unpaired) electrons. The normalized spacial score (nSPS) is 20.5. The largest absolute Gasteiger partial charge is 0.496 e. The lowest BCUT2D eigenvalue weighted by Crippen LogP contribution is -2.50. The number of aryl methyl sites for hydroxylation is 1. The smallest absolute Gasteiger partial charge is 0.416 e. The van der Waals surface area contributed by atoms with Crippen LogP contribution in [-0.2, 0) is 15.8 Å². The van der Waals surface area contributed by atoms with Crippen molar-refractivity contribution in [3.8, 4) is 5.75 Å². The molecule has 0 unspecified atom stereocenters. The molecular weight excluding hydrogens is 887 g/mol. The standard InChI is InChI=1S/C49H59ClF3N9O5/c1-29(35-23-36(49(51,52)53)26-37(54)24-35)55-45-39-27-38(43(67-3)28-41(39)56-30(2)57-45)32-6-8-33(9-7-32)46(64)61-21-19-59(20-22-61)15-4-5-31-12-16-60(17-13-31)47(65)34-10-11-40(50)42(25-34)62-18-14-44(63)58-48(62)66/h10-11,23-29,31-33H,4-9,12-22,54H2,1-3H3,(H,55,56,57)(H,58,63,66)/t29-,32?,33?/m1/s1. The van der Waals surface area contributed by atoms with Gasteiger partial charge in [0.25, 0.3) is 5.91 Å². The third-order valence-corrected chi connectivity index (χ3v) is 14.4. The quantitative estimate of drug-likeness (QED) is 0.117. The number of nitrogens with one attached hydrogen (secondary N) is 2. The number of ether oxygens (including phenoxy) is 1. The molecule has 4 aromatic rings. The number of methoxy groups -OCH3 is 1. The summed E-state index contributed by atoms with van der Waals surface area (Å²) in [5.74, 6) is 2.15. The number of nitrogens with two attached hydrogens (primary N) is 1. The van der Waals surface area contributed by atoms with Crippen molar-refractivity contribution in [2.45, 2.75) is 89.8 Å². The first-order valence-electron chi connectivity index (χ1n) is 23.4. The minimum atomic E-state index is -4.53. The van der Waals surface area contributed by atoms with Gasteiger partial charge in [-0.05, 0) is 137 Å². The molecule has 3 saturated heterocycles. The summed E-state index contributed by atoms with van der Waals surface area (Å²) in [5.41, 5.74) is 8.02. The van der Waals surface area contributed by atoms with Crippen LogP contribution < -0.4 is 26.0 Å². The number of carbonyl (C=O) groups excluding carboxylic acids is 4. The lowest BCUT2D eigenvalue weighted by molar-refractivity contribution is -0.138. The maximum Gasteiger partial charge on any atom is 0.416 e. The fraction of sp³-hybridized carbons (Fsp3) is 0.510. The maximum absolute atomic E-state index is 13.8. The summed E-state index contributed by atoms with van der Waals surface area (Å²) in [7, 11) is 1.63. The Balaban J connectivity index is 0.787. The van der Waals surface area contributed by atoms with Gasteiger partial charge in [-0.1, -0.05) is 11.6 Å². The second-order valence-electron chi connectivity index (χ2n) is 18.5. The van der Waals surface area contributed by atoms with Crippen molar-refractivity contribution in [3.05, 3.63) is 81.6 Å². The second-order valence-corrected chi connectivity index (χ2v) is 18.9. The number of halogens is 4. The van der Waals surface area contributed by atoms with Crippen LogP contribution >= 0.6 is 11.6 Å². The van der Waals surface area contributed by atoms with Gasteiger partial charge in [-0.3, -0.25) is 29.5 Å². The lowest BCUT2D eigenvalue weighted by atomic mass is 9.77. The number of piperazine rings is 1. The molecular formula is C49H59ClF3N9O5. The highest BCUT2D eigenvalue weighted by atomic mass is 35.5. The minimum Gasteiger partial charge on any atom is -0.496 e. The number of hydrogen-bond acceptors (Lipinski definition) is 10. The molecule has 3 aromatic carbocycles. The Morgan fingerprint density at radius 3 is 2.34 bits per heavy atom. The Hall–Kier alpha value is -5.68. The Morgan fingerprint density at radius 1 is 0.925 bits per heavy atom. The van der Waals surface area contributed by atoms with Gasteiger partial charge in [0, 0.05) is 80.9 Å². The molecule has 4 aliphatic rings. The zero-order valence-corrected chi connectivity index (χ0v) is 39.0. The first kappa shape index (κ1) is 47.8. The van der Waals surface area contributed by atoms with Crippen LogP contribution in [0.2, 0.25) is 5.02 Å². The van der Waals surface area contributed by atoms with Crippen LogP contribution in [-0.4, -0.2) is 108 Å². The van der Waals surface area contributed by atoms with E-state index in [2.05, 4.69) is 25.5 Å². The highest BCUT2D eigenvalue weighted by Gasteiger charge is 2.35. The molecule has 4 N–H and O–H groups in total. The highest BCUT2D eigenvalue weighted by molar-refractivity contribution is 6.34. The molecule has 18 heteroatoms. The number of urea groups is 1. The summed E-state index contributed by atoms with van der Waals surface area (Å²) in [6.45, 7) is 9.16. The van der Waals surface area contributed by atoms with E-state index in [1.807, 2.05) is 21.9 Å². The van der Waals surface area contributed by atoms with E-state index in [-0.39, 0.29) is 48.2 Å². The number of anilines is 3. The van der Waals surface area contributed by atoms with Gasteiger partial charge >= 0.3 is 12.2 Å². The van der Waals surface area contributed by atoms with Gasteiger partial charge in [-0.2, -0.15) is 13.2 Å². The number of imide groups is 1. The lowest BCUT2D eigenvalue weighted by Gasteiger charge is -2.38. The second kappa shape index (κ2) is 20.3. The fourth-order valence-corrected chi connectivity index (χ4v) is 10.5. The van der Waals surface area contributed by atoms with E-state index in [1.165, 1.54) is 11.0 Å². The third-order valence-electron chi connectivity index (χ3n) is 14.0. The summed E-state index contributed by atoms with van der Waals surface area (Å²) in [4.78, 5) is 68.4. The van der Waals surface area contributed by atoms with Crippen LogP contribution in [0.25, 0.3) is 10.9 Å². The van der Waals surface area contributed by atoms with Crippen LogP contribution in [0.3, 0.4) is 0 Å². The minimum absolute atomic E-state index is 0.0289. The Bertz CT molecular complexity index is 2500. The van der Waals surface area contributed by atoms with Crippen LogP contribution in [0, 0.1) is 18.8 Å². The van der Waals surface area contributed by atoms with Crippen LogP contribution in [0.15, 0.2) is 48.5 Å². The number of carbonyl (C=O) groups is 4. The maximum atomic E-state index is 13.8. The third kappa shape index (κ3) is 11.0. The van der Waals surface area contributed by atoms with E-state index in [1.54, 1.807) is 39.2 Å². The molecule has 4 heterocycles. The van der Waals surface area contributed by atoms with Gasteiger partial charge < -0.3 is 25.6 Å². The molecule has 0 spiro atoms. The molecule has 0 bridgehead atoms. The van der Waals surface area contributed by atoms with Crippen molar-refractivity contribution in [1.29, 1.82) is 0 Å². The SMILES string of the molecule is COc1cc2nc(C)nc(N[C@H](C)c3cc(N)cc(C(F)(F)F)c3)c2cc1C1CCC(C(=O)N2CCN(CCCC3CCN(C(=O)c4ccc(Cl)c(N5CCC(=O)NC5=O)c4)CC3)CC2)CC1. The molecule has 1 atom stereocenters. The van der Waals surface area contributed by atoms with Gasteiger partial charge in [-0.15, -0.1) is 0 Å². The molecule has 1 saturated carbocycles.